The number of carbonyl (C=O) groups excluding carboxylic acids is 2. The largest absolute Gasteiger partial charge is 0.334 e. The van der Waals surface area contributed by atoms with Gasteiger partial charge in [0.05, 0.1) is 21.8 Å². The lowest BCUT2D eigenvalue weighted by molar-refractivity contribution is -0.114. The molecule has 0 radical (unpaired) electrons. The zero-order valence-corrected chi connectivity index (χ0v) is 17.3. The molecule has 2 amide bonds. The van der Waals surface area contributed by atoms with Gasteiger partial charge in [-0.3, -0.25) is 9.59 Å². The van der Waals surface area contributed by atoms with Gasteiger partial charge in [-0.25, -0.2) is 0 Å². The summed E-state index contributed by atoms with van der Waals surface area (Å²) in [6.07, 6.45) is 0. The molecule has 0 bridgehead atoms. The van der Waals surface area contributed by atoms with Crippen LogP contribution in [0.5, 0.6) is 0 Å². The van der Waals surface area contributed by atoms with E-state index in [0.717, 1.165) is 0 Å². The van der Waals surface area contributed by atoms with Crippen molar-refractivity contribution >= 4 is 34.8 Å². The van der Waals surface area contributed by atoms with Crippen LogP contribution in [0.4, 0.5) is 11.4 Å². The molecule has 0 saturated carbocycles. The number of aromatic nitrogens is 2. The molecule has 1 heterocycles. The van der Waals surface area contributed by atoms with E-state index in [4.69, 9.17) is 16.1 Å². The Hall–Kier alpha value is -3.19. The zero-order chi connectivity index (χ0) is 21.2. The zero-order valence-electron chi connectivity index (χ0n) is 16.5. The molecule has 3 rings (SSSR count). The summed E-state index contributed by atoms with van der Waals surface area (Å²) in [5.74, 6) is 0.248. The van der Waals surface area contributed by atoms with Crippen LogP contribution in [-0.2, 0) is 10.2 Å². The van der Waals surface area contributed by atoms with Gasteiger partial charge in [-0.15, -0.1) is 0 Å². The monoisotopic (exact) mass is 412 g/mol. The number of anilines is 2. The number of hydrogen-bond donors (Lipinski definition) is 2. The van der Waals surface area contributed by atoms with Crippen LogP contribution in [0.2, 0.25) is 5.02 Å². The van der Waals surface area contributed by atoms with Crippen LogP contribution in [0.3, 0.4) is 0 Å². The molecule has 0 aliphatic heterocycles. The number of halogens is 1. The number of nitrogens with one attached hydrogen (secondary N) is 2. The van der Waals surface area contributed by atoms with Crippen LogP contribution in [0.15, 0.2) is 47.0 Å². The van der Waals surface area contributed by atoms with Gasteiger partial charge >= 0.3 is 0 Å². The van der Waals surface area contributed by atoms with E-state index in [9.17, 15) is 9.59 Å². The molecule has 150 valence electrons. The Bertz CT molecular complexity index is 1070. The van der Waals surface area contributed by atoms with Gasteiger partial charge in [-0.2, -0.15) is 4.98 Å². The normalized spacial score (nSPS) is 11.2. The first-order valence-electron chi connectivity index (χ1n) is 8.97. The van der Waals surface area contributed by atoms with Gasteiger partial charge in [0.15, 0.2) is 5.82 Å². The van der Waals surface area contributed by atoms with Crippen LogP contribution in [0.1, 0.15) is 43.9 Å². The predicted molar refractivity (Wildman–Crippen MR) is 112 cm³/mol. The first kappa shape index (κ1) is 20.5. The van der Waals surface area contributed by atoms with Crippen LogP contribution in [0.25, 0.3) is 11.5 Å². The Morgan fingerprint density at radius 2 is 1.79 bits per heavy atom. The number of hydrogen-bond acceptors (Lipinski definition) is 5. The molecule has 8 heteroatoms. The summed E-state index contributed by atoms with van der Waals surface area (Å²) in [7, 11) is 0. The maximum Gasteiger partial charge on any atom is 0.258 e. The van der Waals surface area contributed by atoms with Crippen molar-refractivity contribution in [1.29, 1.82) is 0 Å². The van der Waals surface area contributed by atoms with Crippen molar-refractivity contribution in [1.82, 2.24) is 10.1 Å². The maximum atomic E-state index is 12.9. The molecule has 0 unspecified atom stereocenters. The van der Waals surface area contributed by atoms with Crippen molar-refractivity contribution in [2.75, 3.05) is 10.6 Å². The fraction of sp³-hybridized carbons (Fsp3) is 0.238. The summed E-state index contributed by atoms with van der Waals surface area (Å²) in [6.45, 7) is 7.34. The Morgan fingerprint density at radius 3 is 2.41 bits per heavy atom. The lowest BCUT2D eigenvalue weighted by Crippen LogP contribution is -2.14. The van der Waals surface area contributed by atoms with Crippen LogP contribution >= 0.6 is 11.6 Å². The summed E-state index contributed by atoms with van der Waals surface area (Å²) in [6, 6.07) is 11.8. The van der Waals surface area contributed by atoms with Gasteiger partial charge in [0.1, 0.15) is 0 Å². The fourth-order valence-corrected chi connectivity index (χ4v) is 2.82. The van der Waals surface area contributed by atoms with E-state index in [-0.39, 0.29) is 23.1 Å². The summed E-state index contributed by atoms with van der Waals surface area (Å²) < 4.78 is 5.39. The first-order chi connectivity index (χ1) is 13.6. The third kappa shape index (κ3) is 4.81. The molecule has 0 aliphatic rings. The number of nitrogens with zero attached hydrogens (tertiary/aromatic N) is 2. The van der Waals surface area contributed by atoms with Gasteiger partial charge in [0.25, 0.3) is 11.8 Å². The second kappa shape index (κ2) is 8.05. The lowest BCUT2D eigenvalue weighted by Gasteiger charge is -2.11. The molecule has 3 aromatic rings. The Kier molecular flexibility index (Phi) is 5.70. The van der Waals surface area contributed by atoms with Crippen molar-refractivity contribution in [3.63, 3.8) is 0 Å². The molecule has 0 atom stereocenters. The lowest BCUT2D eigenvalue weighted by atomic mass is 9.96. The molecule has 7 nitrogen and oxygen atoms in total. The van der Waals surface area contributed by atoms with Gasteiger partial charge in [0, 0.05) is 18.0 Å². The quantitative estimate of drug-likeness (QED) is 0.635. The van der Waals surface area contributed by atoms with Crippen molar-refractivity contribution in [3.05, 3.63) is 58.9 Å². The molecule has 1 aromatic heterocycles. The Morgan fingerprint density at radius 1 is 1.07 bits per heavy atom. The van der Waals surface area contributed by atoms with Crippen LogP contribution < -0.4 is 10.6 Å². The van der Waals surface area contributed by atoms with Crippen molar-refractivity contribution in [2.24, 2.45) is 0 Å². The summed E-state index contributed by atoms with van der Waals surface area (Å²) in [4.78, 5) is 28.5. The second-order valence-electron chi connectivity index (χ2n) is 7.55. The molecule has 0 saturated heterocycles. The molecule has 2 N–H and O–H groups in total. The molecular formula is C21H21ClN4O3. The average molecular weight is 413 g/mol. The highest BCUT2D eigenvalue weighted by Gasteiger charge is 2.24. The van der Waals surface area contributed by atoms with E-state index in [1.165, 1.54) is 6.92 Å². The van der Waals surface area contributed by atoms with Crippen molar-refractivity contribution in [3.8, 4) is 11.5 Å². The highest BCUT2D eigenvalue weighted by Crippen LogP contribution is 2.29. The minimum atomic E-state index is -0.370. The van der Waals surface area contributed by atoms with Gasteiger partial charge in [-0.05, 0) is 30.3 Å². The van der Waals surface area contributed by atoms with E-state index in [0.29, 0.717) is 33.3 Å². The van der Waals surface area contributed by atoms with Crippen molar-refractivity contribution in [2.45, 2.75) is 33.1 Å². The van der Waals surface area contributed by atoms with Crippen LogP contribution in [0, 0.1) is 0 Å². The average Bonchev–Trinajstić information content (AvgIpc) is 3.14. The highest BCUT2D eigenvalue weighted by atomic mass is 35.5. The third-order valence-corrected chi connectivity index (χ3v) is 4.35. The van der Waals surface area contributed by atoms with Crippen molar-refractivity contribution < 1.29 is 14.1 Å². The maximum absolute atomic E-state index is 12.9. The Labute approximate surface area is 173 Å². The number of rotatable bonds is 4. The SMILES string of the molecule is CC(=O)Nc1ccc(NC(=O)c2ccccc2-c2nc(C(C)(C)C)no2)c(Cl)c1. The smallest absolute Gasteiger partial charge is 0.258 e. The Balaban J connectivity index is 1.88. The third-order valence-electron chi connectivity index (χ3n) is 4.04. The minimum absolute atomic E-state index is 0.207. The molecule has 2 aromatic carbocycles. The van der Waals surface area contributed by atoms with Crippen LogP contribution in [-0.4, -0.2) is 22.0 Å². The molecular weight excluding hydrogens is 392 g/mol. The topological polar surface area (TPSA) is 97.1 Å². The van der Waals surface area contributed by atoms with E-state index in [2.05, 4.69) is 20.8 Å². The second-order valence-corrected chi connectivity index (χ2v) is 7.96. The first-order valence-corrected chi connectivity index (χ1v) is 9.35. The van der Waals surface area contributed by atoms with E-state index >= 15 is 0 Å². The van der Waals surface area contributed by atoms with Gasteiger partial charge in [-0.1, -0.05) is 49.7 Å². The van der Waals surface area contributed by atoms with Gasteiger partial charge in [0.2, 0.25) is 5.91 Å². The van der Waals surface area contributed by atoms with E-state index < -0.39 is 0 Å². The molecule has 0 fully saturated rings. The summed E-state index contributed by atoms with van der Waals surface area (Å²) in [5.41, 5.74) is 1.59. The predicted octanol–water partition coefficient (Wildman–Crippen LogP) is 4.90. The van der Waals surface area contributed by atoms with E-state index in [1.54, 1.807) is 42.5 Å². The fourth-order valence-electron chi connectivity index (χ4n) is 2.59. The standard InChI is InChI=1S/C21H21ClN4O3/c1-12(27)23-13-9-10-17(16(22)11-13)24-18(28)14-7-5-6-8-15(14)19-25-20(26-29-19)21(2,3)4/h5-11H,1-4H3,(H,23,27)(H,24,28). The number of amides is 2. The number of benzene rings is 2. The summed E-state index contributed by atoms with van der Waals surface area (Å²) in [5, 5.41) is 9.74. The molecule has 0 aliphatic carbocycles. The number of carbonyl (C=O) groups is 2. The molecule has 0 spiro atoms. The van der Waals surface area contributed by atoms with E-state index in [1.807, 2.05) is 20.8 Å². The summed E-state index contributed by atoms with van der Waals surface area (Å²) >= 11 is 6.25. The molecule has 29 heavy (non-hydrogen) atoms. The highest BCUT2D eigenvalue weighted by molar-refractivity contribution is 6.34. The minimum Gasteiger partial charge on any atom is -0.334 e. The van der Waals surface area contributed by atoms with Gasteiger partial charge < -0.3 is 15.2 Å².